The summed E-state index contributed by atoms with van der Waals surface area (Å²) in [4.78, 5) is 22.9. The predicted octanol–water partition coefficient (Wildman–Crippen LogP) is 4.47. The third-order valence-corrected chi connectivity index (χ3v) is 2.99. The van der Waals surface area contributed by atoms with Crippen LogP contribution in [0.4, 0.5) is 4.79 Å². The summed E-state index contributed by atoms with van der Waals surface area (Å²) in [6.07, 6.45) is 4.05. The summed E-state index contributed by atoms with van der Waals surface area (Å²) in [5.41, 5.74) is 0.911. The maximum atomic E-state index is 11.4. The highest BCUT2D eigenvalue weighted by atomic mass is 35.5. The molecule has 0 heterocycles. The topological polar surface area (TPSA) is 55.4 Å². The SMILES string of the molecule is CC(=O)c1cc(C=CCCNC(=O)OC(C)(C)C)ccc1Cl. The summed E-state index contributed by atoms with van der Waals surface area (Å²) in [6, 6.07) is 5.30. The Bertz CT molecular complexity index is 574. The number of nitrogens with one attached hydrogen (secondary N) is 1. The molecule has 0 aliphatic carbocycles. The molecule has 0 saturated heterocycles. The normalized spacial score (nSPS) is 11.5. The second-order valence-electron chi connectivity index (χ2n) is 5.92. The van der Waals surface area contributed by atoms with Crippen molar-refractivity contribution in [3.8, 4) is 0 Å². The molecule has 22 heavy (non-hydrogen) atoms. The Balaban J connectivity index is 2.45. The van der Waals surface area contributed by atoms with Crippen LogP contribution >= 0.6 is 11.6 Å². The van der Waals surface area contributed by atoms with Gasteiger partial charge in [-0.05, 0) is 51.8 Å². The molecular weight excluding hydrogens is 302 g/mol. The second-order valence-corrected chi connectivity index (χ2v) is 6.32. The molecule has 0 atom stereocenters. The number of amides is 1. The van der Waals surface area contributed by atoms with Crippen molar-refractivity contribution in [1.29, 1.82) is 0 Å². The largest absolute Gasteiger partial charge is 0.444 e. The van der Waals surface area contributed by atoms with Crippen LogP contribution in [0.1, 0.15) is 50.0 Å². The van der Waals surface area contributed by atoms with E-state index >= 15 is 0 Å². The van der Waals surface area contributed by atoms with Gasteiger partial charge in [0.05, 0.1) is 5.02 Å². The highest BCUT2D eigenvalue weighted by Crippen LogP contribution is 2.19. The van der Waals surface area contributed by atoms with Crippen molar-refractivity contribution in [3.05, 3.63) is 40.4 Å². The molecule has 1 N–H and O–H groups in total. The van der Waals surface area contributed by atoms with E-state index in [9.17, 15) is 9.59 Å². The molecule has 0 aliphatic rings. The van der Waals surface area contributed by atoms with E-state index in [-0.39, 0.29) is 5.78 Å². The highest BCUT2D eigenvalue weighted by Gasteiger charge is 2.15. The summed E-state index contributed by atoms with van der Waals surface area (Å²) < 4.78 is 5.13. The lowest BCUT2D eigenvalue weighted by atomic mass is 10.1. The van der Waals surface area contributed by atoms with Gasteiger partial charge in [0.15, 0.2) is 5.78 Å². The second kappa shape index (κ2) is 7.99. The van der Waals surface area contributed by atoms with Crippen molar-refractivity contribution in [2.75, 3.05) is 6.54 Å². The minimum Gasteiger partial charge on any atom is -0.444 e. The molecule has 0 radical (unpaired) electrons. The molecule has 0 aliphatic heterocycles. The average Bonchev–Trinajstić information content (AvgIpc) is 2.37. The van der Waals surface area contributed by atoms with Gasteiger partial charge in [0.25, 0.3) is 0 Å². The molecule has 0 saturated carbocycles. The van der Waals surface area contributed by atoms with E-state index in [4.69, 9.17) is 16.3 Å². The first-order valence-corrected chi connectivity index (χ1v) is 7.51. The average molecular weight is 324 g/mol. The van der Waals surface area contributed by atoms with Gasteiger partial charge in [-0.3, -0.25) is 4.79 Å². The number of Topliss-reactive ketones (excluding diaryl/α,β-unsaturated/α-hetero) is 1. The van der Waals surface area contributed by atoms with Gasteiger partial charge in [-0.25, -0.2) is 4.79 Å². The smallest absolute Gasteiger partial charge is 0.407 e. The monoisotopic (exact) mass is 323 g/mol. The zero-order valence-corrected chi connectivity index (χ0v) is 14.2. The minimum atomic E-state index is -0.494. The molecule has 1 aromatic rings. The molecule has 1 amide bonds. The number of carbonyl (C=O) groups excluding carboxylic acids is 2. The molecular formula is C17H22ClNO3. The Morgan fingerprint density at radius 1 is 1.32 bits per heavy atom. The number of rotatable bonds is 5. The number of ketones is 1. The molecule has 0 fully saturated rings. The van der Waals surface area contributed by atoms with Crippen LogP contribution in [0.25, 0.3) is 6.08 Å². The highest BCUT2D eigenvalue weighted by molar-refractivity contribution is 6.33. The Kier molecular flexibility index (Phi) is 6.62. The van der Waals surface area contributed by atoms with E-state index in [1.54, 1.807) is 12.1 Å². The minimum absolute atomic E-state index is 0.0631. The fraction of sp³-hybridized carbons (Fsp3) is 0.412. The molecule has 5 heteroatoms. The Labute approximate surface area is 136 Å². The van der Waals surface area contributed by atoms with E-state index in [1.807, 2.05) is 39.0 Å². The van der Waals surface area contributed by atoms with Crippen LogP contribution in [0, 0.1) is 0 Å². The fourth-order valence-electron chi connectivity index (χ4n) is 1.71. The zero-order valence-electron chi connectivity index (χ0n) is 13.4. The van der Waals surface area contributed by atoms with Gasteiger partial charge in [0.2, 0.25) is 0 Å². The summed E-state index contributed by atoms with van der Waals surface area (Å²) in [5.74, 6) is -0.0631. The van der Waals surface area contributed by atoms with Crippen LogP contribution in [0.3, 0.4) is 0 Å². The number of ether oxygens (including phenoxy) is 1. The first-order chi connectivity index (χ1) is 10.2. The van der Waals surface area contributed by atoms with Crippen LogP contribution < -0.4 is 5.32 Å². The Morgan fingerprint density at radius 2 is 2.00 bits per heavy atom. The molecule has 1 rings (SSSR count). The predicted molar refractivity (Wildman–Crippen MR) is 89.3 cm³/mol. The van der Waals surface area contributed by atoms with Gasteiger partial charge in [-0.1, -0.05) is 29.8 Å². The van der Waals surface area contributed by atoms with Crippen LogP contribution in [-0.2, 0) is 4.74 Å². The Morgan fingerprint density at radius 3 is 2.59 bits per heavy atom. The van der Waals surface area contributed by atoms with Crippen molar-refractivity contribution in [2.45, 2.75) is 39.7 Å². The third-order valence-electron chi connectivity index (χ3n) is 2.66. The molecule has 120 valence electrons. The van der Waals surface area contributed by atoms with Crippen molar-refractivity contribution in [3.63, 3.8) is 0 Å². The summed E-state index contributed by atoms with van der Waals surface area (Å²) in [5, 5.41) is 3.13. The standard InChI is InChI=1S/C17H22ClNO3/c1-12(20)14-11-13(8-9-15(14)18)7-5-6-10-19-16(21)22-17(2,3)4/h5,7-9,11H,6,10H2,1-4H3,(H,19,21). The fourth-order valence-corrected chi connectivity index (χ4v) is 1.96. The van der Waals surface area contributed by atoms with E-state index in [0.717, 1.165) is 5.56 Å². The lowest BCUT2D eigenvalue weighted by Gasteiger charge is -2.19. The van der Waals surface area contributed by atoms with Crippen LogP contribution in [-0.4, -0.2) is 24.0 Å². The van der Waals surface area contributed by atoms with E-state index in [2.05, 4.69) is 5.32 Å². The molecule has 0 aromatic heterocycles. The quantitative estimate of drug-likeness (QED) is 0.642. The molecule has 4 nitrogen and oxygen atoms in total. The number of hydrogen-bond acceptors (Lipinski definition) is 3. The maximum absolute atomic E-state index is 11.4. The summed E-state index contributed by atoms with van der Waals surface area (Å²) >= 11 is 5.96. The van der Waals surface area contributed by atoms with Crippen LogP contribution in [0.5, 0.6) is 0 Å². The lowest BCUT2D eigenvalue weighted by molar-refractivity contribution is 0.0528. The number of carbonyl (C=O) groups is 2. The maximum Gasteiger partial charge on any atom is 0.407 e. The van der Waals surface area contributed by atoms with Crippen molar-refractivity contribution >= 4 is 29.6 Å². The number of halogens is 1. The van der Waals surface area contributed by atoms with E-state index in [1.165, 1.54) is 6.92 Å². The van der Waals surface area contributed by atoms with Gasteiger partial charge in [0, 0.05) is 12.1 Å². The molecule has 0 spiro atoms. The number of benzene rings is 1. The van der Waals surface area contributed by atoms with Crippen molar-refractivity contribution in [1.82, 2.24) is 5.32 Å². The Hall–Kier alpha value is -1.81. The lowest BCUT2D eigenvalue weighted by Crippen LogP contribution is -2.32. The van der Waals surface area contributed by atoms with E-state index in [0.29, 0.717) is 23.6 Å². The first-order valence-electron chi connectivity index (χ1n) is 7.13. The molecule has 0 unspecified atom stereocenters. The van der Waals surface area contributed by atoms with E-state index < -0.39 is 11.7 Å². The zero-order chi connectivity index (χ0) is 16.8. The third kappa shape index (κ3) is 6.76. The van der Waals surface area contributed by atoms with Gasteiger partial charge in [-0.2, -0.15) is 0 Å². The van der Waals surface area contributed by atoms with Gasteiger partial charge in [-0.15, -0.1) is 0 Å². The molecule has 0 bridgehead atoms. The molecule has 1 aromatic carbocycles. The number of alkyl carbamates (subject to hydrolysis) is 1. The van der Waals surface area contributed by atoms with Crippen molar-refractivity contribution < 1.29 is 14.3 Å². The van der Waals surface area contributed by atoms with Gasteiger partial charge >= 0.3 is 6.09 Å². The summed E-state index contributed by atoms with van der Waals surface area (Å²) in [6.45, 7) is 7.43. The summed E-state index contributed by atoms with van der Waals surface area (Å²) in [7, 11) is 0. The van der Waals surface area contributed by atoms with Crippen LogP contribution in [0.2, 0.25) is 5.02 Å². The number of hydrogen-bond donors (Lipinski definition) is 1. The van der Waals surface area contributed by atoms with Crippen molar-refractivity contribution in [2.24, 2.45) is 0 Å². The van der Waals surface area contributed by atoms with Gasteiger partial charge < -0.3 is 10.1 Å². The first kappa shape index (κ1) is 18.2. The van der Waals surface area contributed by atoms with Gasteiger partial charge in [0.1, 0.15) is 5.60 Å². The van der Waals surface area contributed by atoms with Crippen LogP contribution in [0.15, 0.2) is 24.3 Å².